The molecule has 324 valence electrons. The standard InChI is InChI=1S/C63H52N4/c1-61(2,3)37-28-44(36-24-26-53-45(27-36)42-21-15-16-22-52(42)65(53)40-18-11-10-12-19-40)57-47(30-37)48-31-38(62(4,5)6)32-49-50-34-54-55(64-60(50)67(57)58(48)49)51-33-39(63(7,8)9)29-46-43-25-23-35-17-13-14-20-41(35)56(43)66(54)59(46)51/h10-34H,1-9H3. The van der Waals surface area contributed by atoms with Crippen molar-refractivity contribution >= 4 is 109 Å². The molecule has 14 rings (SSSR count). The number of para-hydroxylation sites is 2. The molecule has 0 unspecified atom stereocenters. The molecule has 0 N–H and O–H groups in total. The Morgan fingerprint density at radius 2 is 0.910 bits per heavy atom. The number of nitrogens with zero attached hydrogens (tertiary/aromatic N) is 4. The second-order valence-electron chi connectivity index (χ2n) is 22.5. The fraction of sp³-hybridized carbons (Fsp3) is 0.190. The number of rotatable bonds is 2. The molecule has 67 heavy (non-hydrogen) atoms. The van der Waals surface area contributed by atoms with E-state index in [0.29, 0.717) is 0 Å². The zero-order valence-corrected chi connectivity index (χ0v) is 39.7. The molecule has 0 atom stereocenters. The van der Waals surface area contributed by atoms with Crippen LogP contribution < -0.4 is 0 Å². The van der Waals surface area contributed by atoms with Crippen LogP contribution in [0.5, 0.6) is 0 Å². The minimum Gasteiger partial charge on any atom is -0.309 e. The first-order valence-electron chi connectivity index (χ1n) is 24.0. The Balaban J connectivity index is 1.17. The third-order valence-electron chi connectivity index (χ3n) is 15.3. The zero-order valence-electron chi connectivity index (χ0n) is 39.7. The summed E-state index contributed by atoms with van der Waals surface area (Å²) in [7, 11) is 0. The largest absolute Gasteiger partial charge is 0.309 e. The van der Waals surface area contributed by atoms with Gasteiger partial charge in [0.1, 0.15) is 5.65 Å². The van der Waals surface area contributed by atoms with Gasteiger partial charge in [0.05, 0.1) is 44.1 Å². The molecule has 0 saturated heterocycles. The Kier molecular flexibility index (Phi) is 7.36. The van der Waals surface area contributed by atoms with Crippen molar-refractivity contribution in [3.8, 4) is 16.8 Å². The number of fused-ring (bicyclic) bond motifs is 17. The van der Waals surface area contributed by atoms with Gasteiger partial charge in [-0.25, -0.2) is 4.98 Å². The van der Waals surface area contributed by atoms with E-state index in [1.54, 1.807) is 0 Å². The van der Waals surface area contributed by atoms with Crippen LogP contribution in [0.25, 0.3) is 126 Å². The second kappa shape index (κ2) is 12.7. The first-order chi connectivity index (χ1) is 32.1. The lowest BCUT2D eigenvalue weighted by Gasteiger charge is -2.22. The van der Waals surface area contributed by atoms with Gasteiger partial charge in [-0.15, -0.1) is 0 Å². The average molecular weight is 865 g/mol. The van der Waals surface area contributed by atoms with Gasteiger partial charge in [0, 0.05) is 65.1 Å². The maximum atomic E-state index is 5.98. The van der Waals surface area contributed by atoms with Crippen LogP contribution in [0.2, 0.25) is 0 Å². The van der Waals surface area contributed by atoms with E-state index in [2.05, 4.69) is 227 Å². The fourth-order valence-corrected chi connectivity index (χ4v) is 11.8. The highest BCUT2D eigenvalue weighted by atomic mass is 15.0. The summed E-state index contributed by atoms with van der Waals surface area (Å²) in [5.41, 5.74) is 18.0. The van der Waals surface area contributed by atoms with Crippen LogP contribution in [0.4, 0.5) is 0 Å². The summed E-state index contributed by atoms with van der Waals surface area (Å²) in [6, 6.07) is 57.6. The Hall–Kier alpha value is -7.43. The van der Waals surface area contributed by atoms with Crippen molar-refractivity contribution in [1.29, 1.82) is 0 Å². The van der Waals surface area contributed by atoms with Crippen LogP contribution in [0.15, 0.2) is 152 Å². The third kappa shape index (κ3) is 5.16. The lowest BCUT2D eigenvalue weighted by atomic mass is 9.83. The summed E-state index contributed by atoms with van der Waals surface area (Å²) in [5.74, 6) is 0. The first kappa shape index (κ1) is 38.8. The fourth-order valence-electron chi connectivity index (χ4n) is 11.8. The van der Waals surface area contributed by atoms with Gasteiger partial charge < -0.3 is 8.97 Å². The smallest absolute Gasteiger partial charge is 0.146 e. The van der Waals surface area contributed by atoms with Crippen molar-refractivity contribution in [3.05, 3.63) is 168 Å². The van der Waals surface area contributed by atoms with E-state index < -0.39 is 0 Å². The lowest BCUT2D eigenvalue weighted by Crippen LogP contribution is -2.11. The molecule has 0 fully saturated rings. The Bertz CT molecular complexity index is 4420. The molecule has 4 nitrogen and oxygen atoms in total. The molecule has 0 aliphatic heterocycles. The van der Waals surface area contributed by atoms with E-state index in [4.69, 9.17) is 4.98 Å². The molecule has 4 heteroatoms. The van der Waals surface area contributed by atoms with E-state index in [-0.39, 0.29) is 16.2 Å². The maximum Gasteiger partial charge on any atom is 0.146 e. The summed E-state index contributed by atoms with van der Waals surface area (Å²) in [5, 5.41) is 13.9. The third-order valence-corrected chi connectivity index (χ3v) is 15.3. The number of aromatic nitrogens is 4. The van der Waals surface area contributed by atoms with E-state index in [1.165, 1.54) is 126 Å². The van der Waals surface area contributed by atoms with Crippen molar-refractivity contribution in [2.45, 2.75) is 78.6 Å². The van der Waals surface area contributed by atoms with E-state index in [0.717, 1.165) is 16.7 Å². The van der Waals surface area contributed by atoms with E-state index in [9.17, 15) is 0 Å². The quantitative estimate of drug-likeness (QED) is 0.170. The highest BCUT2D eigenvalue weighted by Crippen LogP contribution is 2.49. The number of pyridine rings is 1. The summed E-state index contributed by atoms with van der Waals surface area (Å²) in [6.07, 6.45) is 0. The van der Waals surface area contributed by atoms with Crippen molar-refractivity contribution in [3.63, 3.8) is 0 Å². The predicted molar refractivity (Wildman–Crippen MR) is 287 cm³/mol. The minimum absolute atomic E-state index is 0.0496. The van der Waals surface area contributed by atoms with Gasteiger partial charge in [0.15, 0.2) is 0 Å². The number of hydrogen-bond acceptors (Lipinski definition) is 1. The molecular weight excluding hydrogens is 813 g/mol. The lowest BCUT2D eigenvalue weighted by molar-refractivity contribution is 0.591. The van der Waals surface area contributed by atoms with E-state index >= 15 is 0 Å². The van der Waals surface area contributed by atoms with Crippen molar-refractivity contribution in [1.82, 2.24) is 18.4 Å². The van der Waals surface area contributed by atoms with Gasteiger partial charge in [-0.3, -0.25) is 4.40 Å². The number of benzene rings is 8. The van der Waals surface area contributed by atoms with Crippen LogP contribution in [-0.4, -0.2) is 18.4 Å². The summed E-state index contributed by atoms with van der Waals surface area (Å²) < 4.78 is 7.51. The highest BCUT2D eigenvalue weighted by molar-refractivity contribution is 6.30. The topological polar surface area (TPSA) is 26.6 Å². The molecule has 0 aliphatic rings. The normalized spacial score (nSPS) is 13.4. The van der Waals surface area contributed by atoms with Crippen LogP contribution >= 0.6 is 0 Å². The summed E-state index contributed by atoms with van der Waals surface area (Å²) in [6.45, 7) is 21.1. The van der Waals surface area contributed by atoms with E-state index in [1.807, 2.05) is 0 Å². The van der Waals surface area contributed by atoms with Crippen molar-refractivity contribution in [2.24, 2.45) is 0 Å². The molecule has 0 saturated carbocycles. The molecular formula is C63H52N4. The van der Waals surface area contributed by atoms with Crippen molar-refractivity contribution < 1.29 is 0 Å². The minimum atomic E-state index is -0.0831. The molecule has 0 aliphatic carbocycles. The summed E-state index contributed by atoms with van der Waals surface area (Å²) >= 11 is 0. The van der Waals surface area contributed by atoms with Gasteiger partial charge in [-0.1, -0.05) is 141 Å². The van der Waals surface area contributed by atoms with Crippen LogP contribution in [0.3, 0.4) is 0 Å². The molecule has 0 spiro atoms. The van der Waals surface area contributed by atoms with Crippen LogP contribution in [0.1, 0.15) is 79.0 Å². The molecule has 6 heterocycles. The summed E-state index contributed by atoms with van der Waals surface area (Å²) in [4.78, 5) is 5.98. The first-order valence-corrected chi connectivity index (χ1v) is 24.0. The van der Waals surface area contributed by atoms with Gasteiger partial charge in [0.2, 0.25) is 0 Å². The molecule has 0 amide bonds. The Labute approximate surface area is 389 Å². The molecule has 8 aromatic carbocycles. The Morgan fingerprint density at radius 1 is 0.358 bits per heavy atom. The predicted octanol–water partition coefficient (Wildman–Crippen LogP) is 17.2. The number of hydrogen-bond donors (Lipinski definition) is 0. The average Bonchev–Trinajstić information content (AvgIpc) is 4.10. The SMILES string of the molecule is CC(C)(C)c1cc(-c2ccc3c(c2)c2ccccc2n3-c2ccccc2)c2c(c1)c1cc(C(C)(C)C)cc3c4cc5c(nc4n2c31)c1cc(C(C)(C)C)cc2c3ccc4ccccc4c3n5c21. The van der Waals surface area contributed by atoms with Crippen molar-refractivity contribution in [2.75, 3.05) is 0 Å². The molecule has 6 aromatic heterocycles. The van der Waals surface area contributed by atoms with Gasteiger partial charge in [0.25, 0.3) is 0 Å². The molecule has 14 aromatic rings. The van der Waals surface area contributed by atoms with Gasteiger partial charge >= 0.3 is 0 Å². The van der Waals surface area contributed by atoms with Crippen LogP contribution in [-0.2, 0) is 16.2 Å². The molecule has 0 radical (unpaired) electrons. The monoisotopic (exact) mass is 864 g/mol. The second-order valence-corrected chi connectivity index (χ2v) is 22.5. The highest BCUT2D eigenvalue weighted by Gasteiger charge is 2.30. The van der Waals surface area contributed by atoms with Gasteiger partial charge in [-0.05, 0) is 117 Å². The van der Waals surface area contributed by atoms with Gasteiger partial charge in [-0.2, -0.15) is 0 Å². The zero-order chi connectivity index (χ0) is 45.6. The molecule has 0 bridgehead atoms. The maximum absolute atomic E-state index is 5.98. The Morgan fingerprint density at radius 3 is 1.63 bits per heavy atom. The van der Waals surface area contributed by atoms with Crippen LogP contribution in [0, 0.1) is 0 Å².